The van der Waals surface area contributed by atoms with Crippen molar-refractivity contribution in [1.29, 1.82) is 0 Å². The molecule has 1 aromatic heterocycles. The lowest BCUT2D eigenvalue weighted by Crippen LogP contribution is -2.37. The van der Waals surface area contributed by atoms with Gasteiger partial charge in [-0.15, -0.1) is 4.72 Å². The van der Waals surface area contributed by atoms with E-state index in [0.717, 1.165) is 11.3 Å². The molecule has 1 atom stereocenters. The van der Waals surface area contributed by atoms with Gasteiger partial charge in [-0.05, 0) is 47.3 Å². The number of nitrogens with one attached hydrogen (secondary N) is 2. The van der Waals surface area contributed by atoms with Crippen molar-refractivity contribution in [3.8, 4) is 16.9 Å². The van der Waals surface area contributed by atoms with Gasteiger partial charge in [0.1, 0.15) is 11.6 Å². The number of sulfonamides is 1. The molecular formula is C20H19FN2O4S2. The van der Waals surface area contributed by atoms with Crippen molar-refractivity contribution in [3.05, 3.63) is 71.4 Å². The van der Waals surface area contributed by atoms with Gasteiger partial charge in [0.15, 0.2) is 10.4 Å². The summed E-state index contributed by atoms with van der Waals surface area (Å²) in [5.41, 5.74) is 1.54. The molecule has 0 aliphatic rings. The highest BCUT2D eigenvalue weighted by atomic mass is 32.3. The molecule has 3 aromatic rings. The molecule has 0 saturated heterocycles. The molecular weight excluding hydrogens is 415 g/mol. The van der Waals surface area contributed by atoms with Gasteiger partial charge in [0, 0.05) is 23.7 Å². The zero-order valence-electron chi connectivity index (χ0n) is 15.5. The molecule has 3 rings (SSSR count). The second kappa shape index (κ2) is 9.27. The third kappa shape index (κ3) is 5.27. The van der Waals surface area contributed by atoms with Crippen LogP contribution in [0.15, 0.2) is 64.2 Å². The van der Waals surface area contributed by atoms with Gasteiger partial charge in [0.2, 0.25) is 4.21 Å². The van der Waals surface area contributed by atoms with E-state index in [1.54, 1.807) is 35.7 Å². The van der Waals surface area contributed by atoms with Crippen molar-refractivity contribution < 1.29 is 22.7 Å². The molecule has 6 nitrogen and oxygen atoms in total. The average molecular weight is 435 g/mol. The van der Waals surface area contributed by atoms with Crippen molar-refractivity contribution >= 4 is 27.6 Å². The maximum Gasteiger partial charge on any atom is 0.251 e. The number of benzene rings is 2. The maximum atomic E-state index is 13.6. The first-order valence-electron chi connectivity index (χ1n) is 8.66. The number of carbonyl (C=O) groups excluding carboxylic acids is 1. The quantitative estimate of drug-likeness (QED) is 0.420. The minimum Gasteiger partial charge on any atom is -0.592 e. The summed E-state index contributed by atoms with van der Waals surface area (Å²) in [7, 11) is -2.08. The van der Waals surface area contributed by atoms with Crippen molar-refractivity contribution in [2.75, 3.05) is 20.2 Å². The fraction of sp³-hybridized carbons (Fsp3) is 0.150. The fourth-order valence-electron chi connectivity index (χ4n) is 2.68. The number of ether oxygens (including phenoxy) is 1. The smallest absolute Gasteiger partial charge is 0.251 e. The highest BCUT2D eigenvalue weighted by Gasteiger charge is 2.20. The van der Waals surface area contributed by atoms with E-state index >= 15 is 0 Å². The summed E-state index contributed by atoms with van der Waals surface area (Å²) in [4.78, 5) is 12.4. The molecule has 0 aliphatic carbocycles. The lowest BCUT2D eigenvalue weighted by molar-refractivity contribution is 0.0954. The van der Waals surface area contributed by atoms with E-state index in [9.17, 15) is 17.9 Å². The Balaban J connectivity index is 1.63. The molecule has 152 valence electrons. The number of rotatable bonds is 8. The van der Waals surface area contributed by atoms with Crippen LogP contribution in [0.5, 0.6) is 5.75 Å². The Hall–Kier alpha value is -2.59. The zero-order valence-corrected chi connectivity index (χ0v) is 17.1. The Morgan fingerprint density at radius 2 is 2.00 bits per heavy atom. The van der Waals surface area contributed by atoms with E-state index < -0.39 is 16.2 Å². The summed E-state index contributed by atoms with van der Waals surface area (Å²) in [5.74, 6) is -0.279. The molecule has 29 heavy (non-hydrogen) atoms. The predicted octanol–water partition coefficient (Wildman–Crippen LogP) is 3.49. The van der Waals surface area contributed by atoms with Gasteiger partial charge in [0.25, 0.3) is 5.91 Å². The van der Waals surface area contributed by atoms with Crippen LogP contribution < -0.4 is 14.8 Å². The largest absolute Gasteiger partial charge is 0.592 e. The van der Waals surface area contributed by atoms with Crippen molar-refractivity contribution in [2.24, 2.45) is 0 Å². The maximum absolute atomic E-state index is 13.6. The minimum absolute atomic E-state index is 0.0589. The third-order valence-corrected chi connectivity index (χ3v) is 6.92. The van der Waals surface area contributed by atoms with Gasteiger partial charge in [-0.25, -0.2) is 4.39 Å². The molecule has 1 unspecified atom stereocenters. The van der Waals surface area contributed by atoms with Crippen molar-refractivity contribution in [3.63, 3.8) is 0 Å². The van der Waals surface area contributed by atoms with Crippen LogP contribution in [0.2, 0.25) is 0 Å². The molecule has 0 spiro atoms. The molecule has 1 amide bonds. The summed E-state index contributed by atoms with van der Waals surface area (Å²) in [6.07, 6.45) is 0. The van der Waals surface area contributed by atoms with Crippen LogP contribution in [0.25, 0.3) is 11.1 Å². The van der Waals surface area contributed by atoms with E-state index in [1.807, 2.05) is 0 Å². The van der Waals surface area contributed by atoms with Gasteiger partial charge in [-0.3, -0.25) is 4.79 Å². The van der Waals surface area contributed by atoms with E-state index in [4.69, 9.17) is 4.74 Å². The number of carbonyl (C=O) groups is 1. The molecule has 1 heterocycles. The molecule has 0 radical (unpaired) electrons. The standard InChI is InChI=1S/C20H19FN2O4S2/c1-27-18-8-7-16(21)13-17(18)14-4-2-5-15(12-14)20(24)22-9-10-23-29(25,26)19-6-3-11-28-19/h2-8,11-13H,9-10H2,1H3,(H2-,22,23,24,25,26). The van der Waals surface area contributed by atoms with Crippen molar-refractivity contribution in [2.45, 2.75) is 4.21 Å². The molecule has 0 fully saturated rings. The normalized spacial score (nSPS) is 12.9. The first-order valence-corrected chi connectivity index (χ1v) is 11.0. The molecule has 9 heteroatoms. The van der Waals surface area contributed by atoms with Crippen LogP contribution in [0, 0.1) is 5.82 Å². The number of hydrogen-bond donors (Lipinski definition) is 2. The molecule has 2 N–H and O–H groups in total. The van der Waals surface area contributed by atoms with Gasteiger partial charge >= 0.3 is 0 Å². The van der Waals surface area contributed by atoms with Gasteiger partial charge in [-0.2, -0.15) is 0 Å². The van der Waals surface area contributed by atoms with Crippen LogP contribution in [-0.2, 0) is 14.6 Å². The number of thiophene rings is 1. The molecule has 0 saturated carbocycles. The fourth-order valence-corrected chi connectivity index (χ4v) is 4.75. The van der Waals surface area contributed by atoms with Crippen LogP contribution in [0.1, 0.15) is 10.4 Å². The Labute approximate surface area is 173 Å². The number of amides is 1. The molecule has 0 aliphatic heterocycles. The second-order valence-electron chi connectivity index (χ2n) is 6.01. The average Bonchev–Trinajstić information content (AvgIpc) is 3.27. The Morgan fingerprint density at radius 3 is 2.72 bits per heavy atom. The summed E-state index contributed by atoms with van der Waals surface area (Å²) < 4.78 is 45.6. The zero-order chi connectivity index (χ0) is 20.9. The van der Waals surface area contributed by atoms with Crippen LogP contribution in [0.4, 0.5) is 4.39 Å². The number of hydrogen-bond acceptors (Lipinski definition) is 5. The molecule has 0 bridgehead atoms. The Kier molecular flexibility index (Phi) is 6.75. The van der Waals surface area contributed by atoms with E-state index in [0.29, 0.717) is 22.4 Å². The number of halogens is 1. The van der Waals surface area contributed by atoms with Gasteiger partial charge in [0.05, 0.1) is 13.7 Å². The van der Waals surface area contributed by atoms with Crippen molar-refractivity contribution in [1.82, 2.24) is 10.0 Å². The van der Waals surface area contributed by atoms with Gasteiger partial charge < -0.3 is 14.6 Å². The second-order valence-corrected chi connectivity index (χ2v) is 8.95. The van der Waals surface area contributed by atoms with Gasteiger partial charge in [-0.1, -0.05) is 27.7 Å². The first kappa shape index (κ1) is 21.1. The van der Waals surface area contributed by atoms with Crippen LogP contribution in [0.3, 0.4) is 0 Å². The number of methoxy groups -OCH3 is 1. The summed E-state index contributed by atoms with van der Waals surface area (Å²) in [6, 6.07) is 14.0. The monoisotopic (exact) mass is 434 g/mol. The molecule has 2 aromatic carbocycles. The summed E-state index contributed by atoms with van der Waals surface area (Å²) in [5, 5.41) is 4.35. The summed E-state index contributed by atoms with van der Waals surface area (Å²) >= 11 is 1.12. The minimum atomic E-state index is -3.57. The third-order valence-electron chi connectivity index (χ3n) is 4.06. The highest BCUT2D eigenvalue weighted by molar-refractivity contribution is 7.97. The first-order chi connectivity index (χ1) is 13.9. The Bertz CT molecular complexity index is 1040. The predicted molar refractivity (Wildman–Crippen MR) is 110 cm³/mol. The van der Waals surface area contributed by atoms with E-state index in [-0.39, 0.29) is 23.2 Å². The lowest BCUT2D eigenvalue weighted by atomic mass is 10.0. The highest BCUT2D eigenvalue weighted by Crippen LogP contribution is 2.31. The SMILES string of the molecule is COc1ccc(F)cc1-c1cccc(C(=O)NCCN[S+](=O)([O-])c2cccs2)c1. The van der Waals surface area contributed by atoms with Crippen LogP contribution in [-0.4, -0.2) is 30.7 Å². The Morgan fingerprint density at radius 1 is 1.17 bits per heavy atom. The van der Waals surface area contributed by atoms with E-state index in [2.05, 4.69) is 10.0 Å². The van der Waals surface area contributed by atoms with Crippen LogP contribution >= 0.6 is 11.3 Å². The summed E-state index contributed by atoms with van der Waals surface area (Å²) in [6.45, 7) is 0.181. The van der Waals surface area contributed by atoms with E-state index in [1.165, 1.54) is 31.4 Å². The topological polar surface area (TPSA) is 90.5 Å². The lowest BCUT2D eigenvalue weighted by Gasteiger charge is -2.13.